The molecule has 2 fully saturated rings. The summed E-state index contributed by atoms with van der Waals surface area (Å²) >= 11 is 0. The number of methoxy groups -OCH3 is 1. The van der Waals surface area contributed by atoms with Crippen molar-refractivity contribution >= 4 is 17.3 Å². The molecule has 7 nitrogen and oxygen atoms in total. The van der Waals surface area contributed by atoms with Crippen molar-refractivity contribution in [3.63, 3.8) is 0 Å². The van der Waals surface area contributed by atoms with E-state index in [1.807, 2.05) is 29.2 Å². The lowest BCUT2D eigenvalue weighted by atomic mass is 10.0. The van der Waals surface area contributed by atoms with Crippen molar-refractivity contribution in [2.45, 2.75) is 37.8 Å². The first-order valence-electron chi connectivity index (χ1n) is 9.56. The number of nitro groups is 1. The van der Waals surface area contributed by atoms with E-state index in [0.717, 1.165) is 37.0 Å². The van der Waals surface area contributed by atoms with Gasteiger partial charge in [-0.1, -0.05) is 12.1 Å². The third kappa shape index (κ3) is 3.65. The summed E-state index contributed by atoms with van der Waals surface area (Å²) in [5.74, 6) is 0.605. The quantitative estimate of drug-likeness (QED) is 0.600. The summed E-state index contributed by atoms with van der Waals surface area (Å²) < 4.78 is 5.20. The Bertz CT molecular complexity index is 893. The Balaban J connectivity index is 1.58. The molecular formula is C21H23N3O4. The highest BCUT2D eigenvalue weighted by Crippen LogP contribution is 2.36. The zero-order valence-corrected chi connectivity index (χ0v) is 15.8. The van der Waals surface area contributed by atoms with Crippen LogP contribution in [-0.2, 0) is 0 Å². The second-order valence-corrected chi connectivity index (χ2v) is 7.34. The first-order chi connectivity index (χ1) is 13.6. The monoisotopic (exact) mass is 381 g/mol. The Morgan fingerprint density at radius 3 is 2.57 bits per heavy atom. The highest BCUT2D eigenvalue weighted by atomic mass is 16.6. The largest absolute Gasteiger partial charge is 0.497 e. The van der Waals surface area contributed by atoms with E-state index in [1.165, 1.54) is 6.07 Å². The fourth-order valence-electron chi connectivity index (χ4n) is 3.73. The van der Waals surface area contributed by atoms with Gasteiger partial charge in [-0.25, -0.2) is 0 Å². The number of carbonyl (C=O) groups is 1. The van der Waals surface area contributed by atoms with Gasteiger partial charge >= 0.3 is 0 Å². The van der Waals surface area contributed by atoms with Crippen molar-refractivity contribution in [3.05, 3.63) is 63.7 Å². The Labute approximate surface area is 163 Å². The van der Waals surface area contributed by atoms with Crippen LogP contribution in [0.15, 0.2) is 42.5 Å². The lowest BCUT2D eigenvalue weighted by molar-refractivity contribution is -0.384. The topological polar surface area (TPSA) is 84.7 Å². The Kier molecular flexibility index (Phi) is 4.90. The first kappa shape index (κ1) is 18.3. The molecule has 28 heavy (non-hydrogen) atoms. The van der Waals surface area contributed by atoms with Crippen molar-refractivity contribution < 1.29 is 14.5 Å². The third-order valence-electron chi connectivity index (χ3n) is 5.39. The molecule has 1 saturated heterocycles. The number of nitrogens with zero attached hydrogens (tertiary/aromatic N) is 2. The summed E-state index contributed by atoms with van der Waals surface area (Å²) in [5.41, 5.74) is 1.84. The van der Waals surface area contributed by atoms with E-state index >= 15 is 0 Å². The van der Waals surface area contributed by atoms with Gasteiger partial charge in [0.2, 0.25) is 0 Å². The van der Waals surface area contributed by atoms with Crippen LogP contribution in [0.5, 0.6) is 5.75 Å². The second kappa shape index (κ2) is 7.50. The molecule has 2 aromatic rings. The van der Waals surface area contributed by atoms with Crippen molar-refractivity contribution in [1.29, 1.82) is 0 Å². The van der Waals surface area contributed by atoms with Crippen LogP contribution < -0.4 is 10.1 Å². The average Bonchev–Trinajstić information content (AvgIpc) is 3.39. The average molecular weight is 381 g/mol. The first-order valence-corrected chi connectivity index (χ1v) is 9.56. The molecule has 1 atom stereocenters. The van der Waals surface area contributed by atoms with Gasteiger partial charge in [-0.2, -0.15) is 0 Å². The number of rotatable bonds is 6. The van der Waals surface area contributed by atoms with E-state index < -0.39 is 4.92 Å². The van der Waals surface area contributed by atoms with Crippen molar-refractivity contribution in [1.82, 2.24) is 4.90 Å². The predicted molar refractivity (Wildman–Crippen MR) is 106 cm³/mol. The minimum absolute atomic E-state index is 0.0262. The van der Waals surface area contributed by atoms with Gasteiger partial charge in [0.05, 0.1) is 18.1 Å². The third-order valence-corrected chi connectivity index (χ3v) is 5.39. The standard InChI is InChI=1S/C21H23N3O4/c1-28-17-9-4-14(5-10-17)19-3-2-12-23(19)21(25)15-6-11-18(22-16-7-8-16)20(13-15)24(26)27/h4-6,9-11,13,16,19,22H,2-3,7-8,12H2,1H3. The number of hydrogen-bond acceptors (Lipinski definition) is 5. The normalized spacial score (nSPS) is 18.8. The lowest BCUT2D eigenvalue weighted by Crippen LogP contribution is -2.30. The van der Waals surface area contributed by atoms with E-state index in [4.69, 9.17) is 4.74 Å². The van der Waals surface area contributed by atoms with Crippen LogP contribution in [0.3, 0.4) is 0 Å². The smallest absolute Gasteiger partial charge is 0.293 e. The van der Waals surface area contributed by atoms with Crippen LogP contribution in [0.4, 0.5) is 11.4 Å². The van der Waals surface area contributed by atoms with Crippen LogP contribution in [0.2, 0.25) is 0 Å². The number of ether oxygens (including phenoxy) is 1. The molecular weight excluding hydrogens is 358 g/mol. The van der Waals surface area contributed by atoms with Gasteiger partial charge in [-0.15, -0.1) is 0 Å². The molecule has 2 aromatic carbocycles. The van der Waals surface area contributed by atoms with E-state index in [0.29, 0.717) is 23.8 Å². The molecule has 0 spiro atoms. The van der Waals surface area contributed by atoms with E-state index in [9.17, 15) is 14.9 Å². The molecule has 0 radical (unpaired) electrons. The van der Waals surface area contributed by atoms with Crippen LogP contribution in [0.25, 0.3) is 0 Å². The number of nitro benzene ring substituents is 1. The van der Waals surface area contributed by atoms with Gasteiger partial charge in [0, 0.05) is 24.2 Å². The Morgan fingerprint density at radius 2 is 1.93 bits per heavy atom. The number of benzene rings is 2. The Morgan fingerprint density at radius 1 is 1.18 bits per heavy atom. The van der Waals surface area contributed by atoms with Crippen LogP contribution in [0, 0.1) is 10.1 Å². The number of likely N-dealkylation sites (tertiary alicyclic amines) is 1. The van der Waals surface area contributed by atoms with E-state index in [-0.39, 0.29) is 17.6 Å². The van der Waals surface area contributed by atoms with Crippen LogP contribution in [-0.4, -0.2) is 35.4 Å². The van der Waals surface area contributed by atoms with Gasteiger partial charge in [-0.05, 0) is 55.5 Å². The van der Waals surface area contributed by atoms with Gasteiger partial charge in [0.1, 0.15) is 11.4 Å². The predicted octanol–water partition coefficient (Wildman–Crippen LogP) is 4.16. The molecule has 1 aliphatic heterocycles. The van der Waals surface area contributed by atoms with Gasteiger partial charge in [0.25, 0.3) is 11.6 Å². The molecule has 2 aliphatic rings. The van der Waals surface area contributed by atoms with Gasteiger partial charge < -0.3 is 15.0 Å². The molecule has 0 bridgehead atoms. The molecule has 1 N–H and O–H groups in total. The second-order valence-electron chi connectivity index (χ2n) is 7.34. The fourth-order valence-corrected chi connectivity index (χ4v) is 3.73. The zero-order chi connectivity index (χ0) is 19.7. The summed E-state index contributed by atoms with van der Waals surface area (Å²) in [5, 5.41) is 14.7. The molecule has 1 aliphatic carbocycles. The molecule has 146 valence electrons. The molecule has 0 aromatic heterocycles. The minimum atomic E-state index is -0.424. The van der Waals surface area contributed by atoms with Crippen molar-refractivity contribution in [2.24, 2.45) is 0 Å². The molecule has 1 amide bonds. The van der Waals surface area contributed by atoms with Crippen molar-refractivity contribution in [2.75, 3.05) is 19.0 Å². The van der Waals surface area contributed by atoms with E-state index in [1.54, 1.807) is 19.2 Å². The van der Waals surface area contributed by atoms with Gasteiger partial charge in [0.15, 0.2) is 0 Å². The number of amides is 1. The maximum atomic E-state index is 13.1. The zero-order valence-electron chi connectivity index (χ0n) is 15.8. The Hall–Kier alpha value is -3.09. The van der Waals surface area contributed by atoms with Crippen molar-refractivity contribution in [3.8, 4) is 5.75 Å². The van der Waals surface area contributed by atoms with Crippen LogP contribution in [0.1, 0.15) is 47.6 Å². The van der Waals surface area contributed by atoms with Gasteiger partial charge in [-0.3, -0.25) is 14.9 Å². The molecule has 1 unspecified atom stereocenters. The molecule has 7 heteroatoms. The summed E-state index contributed by atoms with van der Waals surface area (Å²) in [7, 11) is 1.62. The summed E-state index contributed by atoms with van der Waals surface area (Å²) in [6, 6.07) is 12.7. The summed E-state index contributed by atoms with van der Waals surface area (Å²) in [4.78, 5) is 26.0. The molecule has 1 saturated carbocycles. The summed E-state index contributed by atoms with van der Waals surface area (Å²) in [6.45, 7) is 0.644. The number of nitrogens with one attached hydrogen (secondary N) is 1. The SMILES string of the molecule is COc1ccc(C2CCCN2C(=O)c2ccc(NC3CC3)c([N+](=O)[O-])c2)cc1. The minimum Gasteiger partial charge on any atom is -0.497 e. The highest BCUT2D eigenvalue weighted by Gasteiger charge is 2.32. The summed E-state index contributed by atoms with van der Waals surface area (Å²) in [6.07, 6.45) is 3.83. The maximum Gasteiger partial charge on any atom is 0.293 e. The highest BCUT2D eigenvalue weighted by molar-refractivity contribution is 5.96. The molecule has 4 rings (SSSR count). The number of anilines is 1. The van der Waals surface area contributed by atoms with Crippen LogP contribution >= 0.6 is 0 Å². The number of carbonyl (C=O) groups excluding carboxylic acids is 1. The molecule has 1 heterocycles. The van der Waals surface area contributed by atoms with E-state index in [2.05, 4.69) is 5.32 Å². The lowest BCUT2D eigenvalue weighted by Gasteiger charge is -2.25. The maximum absolute atomic E-state index is 13.1. The number of hydrogen-bond donors (Lipinski definition) is 1. The fraction of sp³-hybridized carbons (Fsp3) is 0.381.